The van der Waals surface area contributed by atoms with Crippen LogP contribution in [0.5, 0.6) is 0 Å². The summed E-state index contributed by atoms with van der Waals surface area (Å²) in [6, 6.07) is 5.78. The van der Waals surface area contributed by atoms with Gasteiger partial charge in [-0.2, -0.15) is 0 Å². The quantitative estimate of drug-likeness (QED) is 0.476. The van der Waals surface area contributed by atoms with Gasteiger partial charge in [0.15, 0.2) is 8.32 Å². The molecule has 0 aromatic heterocycles. The van der Waals surface area contributed by atoms with Crippen molar-refractivity contribution >= 4 is 19.9 Å². The number of halogens is 1. The van der Waals surface area contributed by atoms with E-state index in [-0.39, 0.29) is 29.2 Å². The summed E-state index contributed by atoms with van der Waals surface area (Å²) < 4.78 is 21.3. The molecule has 1 aromatic rings. The van der Waals surface area contributed by atoms with Gasteiger partial charge in [0.25, 0.3) is 0 Å². The predicted octanol–water partition coefficient (Wildman–Crippen LogP) is 3.56. The first kappa shape index (κ1) is 19.8. The number of Topliss-reactive ketones (excluding diaryl/α,β-unsaturated/α-hetero) is 1. The molecule has 25 heavy (non-hydrogen) atoms. The third-order valence-electron chi connectivity index (χ3n) is 5.47. The summed E-state index contributed by atoms with van der Waals surface area (Å²) in [6.07, 6.45) is 1.68. The lowest BCUT2D eigenvalue weighted by Crippen LogP contribution is -2.44. The molecule has 0 aliphatic carbocycles. The number of ketones is 1. The molecule has 1 aromatic carbocycles. The summed E-state index contributed by atoms with van der Waals surface area (Å²) in [5.74, 6) is 0.339. The predicted molar refractivity (Wildman–Crippen MR) is 101 cm³/mol. The van der Waals surface area contributed by atoms with Gasteiger partial charge in [0.2, 0.25) is 11.6 Å². The largest absolute Gasteiger partial charge is 0.413 e. The first-order valence-electron chi connectivity index (χ1n) is 8.82. The normalized spacial score (nSPS) is 18.7. The lowest BCUT2D eigenvalue weighted by atomic mass is 10.1. The second-order valence-corrected chi connectivity index (χ2v) is 13.1. The van der Waals surface area contributed by atoms with Gasteiger partial charge >= 0.3 is 0 Å². The van der Waals surface area contributed by atoms with E-state index >= 15 is 0 Å². The van der Waals surface area contributed by atoms with E-state index < -0.39 is 8.32 Å². The van der Waals surface area contributed by atoms with Gasteiger partial charge in [-0.1, -0.05) is 20.8 Å². The van der Waals surface area contributed by atoms with E-state index in [0.29, 0.717) is 12.2 Å². The van der Waals surface area contributed by atoms with Crippen LogP contribution in [0, 0.1) is 5.82 Å². The Labute approximate surface area is 151 Å². The molecule has 1 aliphatic rings. The molecule has 0 unspecified atom stereocenters. The highest BCUT2D eigenvalue weighted by molar-refractivity contribution is 6.74. The van der Waals surface area contributed by atoms with Crippen molar-refractivity contribution in [3.8, 4) is 0 Å². The average Bonchev–Trinajstić information content (AvgIpc) is 2.85. The Balaban J connectivity index is 2.04. The minimum absolute atomic E-state index is 0.0535. The Kier molecular flexibility index (Phi) is 5.84. The van der Waals surface area contributed by atoms with Crippen molar-refractivity contribution < 1.29 is 18.2 Å². The van der Waals surface area contributed by atoms with E-state index in [2.05, 4.69) is 33.9 Å². The Bertz CT molecular complexity index is 663. The fraction of sp³-hybridized carbons (Fsp3) is 0.579. The molecule has 1 atom stereocenters. The van der Waals surface area contributed by atoms with Gasteiger partial charge in [0.1, 0.15) is 18.4 Å². The lowest BCUT2D eigenvalue weighted by molar-refractivity contribution is -0.548. The Morgan fingerprint density at radius 3 is 2.48 bits per heavy atom. The number of carbonyl (C=O) groups is 1. The van der Waals surface area contributed by atoms with Crippen molar-refractivity contribution in [2.45, 2.75) is 57.8 Å². The number of hydrogen-bond acceptors (Lipinski definition) is 3. The third kappa shape index (κ3) is 4.76. The minimum atomic E-state index is -1.84. The second kappa shape index (κ2) is 7.38. The van der Waals surface area contributed by atoms with Crippen molar-refractivity contribution in [2.24, 2.45) is 5.73 Å². The number of amidine groups is 1. The topological polar surface area (TPSA) is 55.3 Å². The van der Waals surface area contributed by atoms with Crippen LogP contribution in [0.25, 0.3) is 0 Å². The van der Waals surface area contributed by atoms with Gasteiger partial charge in [0.05, 0.1) is 13.0 Å². The van der Waals surface area contributed by atoms with Crippen LogP contribution >= 0.6 is 0 Å². The van der Waals surface area contributed by atoms with Crippen molar-refractivity contribution in [2.75, 3.05) is 13.2 Å². The van der Waals surface area contributed by atoms with Crippen LogP contribution in [0.15, 0.2) is 24.3 Å². The van der Waals surface area contributed by atoms with Crippen LogP contribution in [0.4, 0.5) is 4.39 Å². The molecular weight excluding hydrogens is 335 g/mol. The van der Waals surface area contributed by atoms with E-state index in [9.17, 15) is 9.18 Å². The number of nitrogens with zero attached hydrogens (tertiary/aromatic N) is 1. The van der Waals surface area contributed by atoms with E-state index in [1.165, 1.54) is 24.3 Å². The summed E-state index contributed by atoms with van der Waals surface area (Å²) in [7, 11) is -1.84. The highest BCUT2D eigenvalue weighted by Gasteiger charge is 2.39. The van der Waals surface area contributed by atoms with Crippen LogP contribution in [-0.2, 0) is 4.43 Å². The van der Waals surface area contributed by atoms with Crippen LogP contribution in [0.3, 0.4) is 0 Å². The maximum atomic E-state index is 13.0. The van der Waals surface area contributed by atoms with E-state index in [0.717, 1.165) is 18.7 Å². The number of rotatable bonds is 6. The van der Waals surface area contributed by atoms with Gasteiger partial charge < -0.3 is 4.43 Å². The van der Waals surface area contributed by atoms with Gasteiger partial charge in [-0.05, 0) is 42.4 Å². The van der Waals surface area contributed by atoms with Crippen molar-refractivity contribution in [3.63, 3.8) is 0 Å². The van der Waals surface area contributed by atoms with E-state index in [1.807, 2.05) is 4.58 Å². The standard InChI is InChI=1S/C19H29FN2O2Si/c1-19(2,3)25(4,5)24-13-16-10-11-18(21)22(16)12-17(23)14-6-8-15(20)9-7-14/h6-9,16,21H,10-13H2,1-5H3/p+1/t16-/m0/s1. The maximum absolute atomic E-state index is 13.0. The van der Waals surface area contributed by atoms with Crippen LogP contribution in [-0.4, -0.2) is 43.7 Å². The lowest BCUT2D eigenvalue weighted by Gasteiger charge is -2.36. The molecule has 0 saturated heterocycles. The van der Waals surface area contributed by atoms with Crippen molar-refractivity contribution in [1.82, 2.24) is 0 Å². The molecule has 0 amide bonds. The van der Waals surface area contributed by atoms with Gasteiger partial charge in [-0.15, -0.1) is 0 Å². The van der Waals surface area contributed by atoms with Crippen molar-refractivity contribution in [3.05, 3.63) is 35.6 Å². The zero-order valence-electron chi connectivity index (χ0n) is 15.9. The third-order valence-corrected chi connectivity index (χ3v) is 9.97. The SMILES string of the molecule is CC(C)(C)[Si](C)(C)OC[C@@H]1CCC(N)=[N+]1CC(=O)c1ccc(F)cc1. The molecule has 138 valence electrons. The highest BCUT2D eigenvalue weighted by Crippen LogP contribution is 2.36. The number of benzene rings is 1. The number of hydrogen-bond donors (Lipinski definition) is 1. The highest BCUT2D eigenvalue weighted by atomic mass is 28.4. The molecule has 0 bridgehead atoms. The molecule has 2 rings (SSSR count). The molecule has 4 nitrogen and oxygen atoms in total. The molecule has 0 radical (unpaired) electrons. The van der Waals surface area contributed by atoms with E-state index in [1.54, 1.807) is 0 Å². The van der Waals surface area contributed by atoms with E-state index in [4.69, 9.17) is 10.2 Å². The van der Waals surface area contributed by atoms with Gasteiger partial charge in [-0.25, -0.2) is 4.39 Å². The molecular formula is C19H30FN2O2Si+. The van der Waals surface area contributed by atoms with Crippen LogP contribution in [0.2, 0.25) is 18.1 Å². The van der Waals surface area contributed by atoms with Crippen LogP contribution < -0.4 is 5.73 Å². The summed E-state index contributed by atoms with van der Waals surface area (Å²) >= 11 is 0. The fourth-order valence-corrected chi connectivity index (χ4v) is 3.70. The molecule has 6 heteroatoms. The Morgan fingerprint density at radius 2 is 1.92 bits per heavy atom. The zero-order chi connectivity index (χ0) is 18.8. The molecule has 1 aliphatic heterocycles. The van der Waals surface area contributed by atoms with Gasteiger partial charge in [0, 0.05) is 12.0 Å². The second-order valence-electron chi connectivity index (χ2n) is 8.31. The number of carbonyl (C=O) groups excluding carboxylic acids is 1. The fourth-order valence-electron chi connectivity index (χ4n) is 2.66. The first-order valence-corrected chi connectivity index (χ1v) is 11.7. The summed E-state index contributed by atoms with van der Waals surface area (Å²) in [5, 5.41) is 0.148. The number of nitrogens with two attached hydrogens (primary N) is 1. The van der Waals surface area contributed by atoms with Gasteiger partial charge in [-0.3, -0.25) is 15.1 Å². The smallest absolute Gasteiger partial charge is 0.243 e. The molecule has 2 N–H and O–H groups in total. The Hall–Kier alpha value is -1.53. The molecule has 0 spiro atoms. The summed E-state index contributed by atoms with van der Waals surface area (Å²) in [5.41, 5.74) is 6.64. The first-order chi connectivity index (χ1) is 11.5. The summed E-state index contributed by atoms with van der Waals surface area (Å²) in [6.45, 7) is 11.9. The monoisotopic (exact) mass is 365 g/mol. The minimum Gasteiger partial charge on any atom is -0.413 e. The molecule has 1 heterocycles. The van der Waals surface area contributed by atoms with Crippen LogP contribution in [0.1, 0.15) is 44.0 Å². The average molecular weight is 366 g/mol. The summed E-state index contributed by atoms with van der Waals surface area (Å²) in [4.78, 5) is 12.5. The zero-order valence-corrected chi connectivity index (χ0v) is 16.9. The maximum Gasteiger partial charge on any atom is 0.243 e. The molecule has 0 saturated carbocycles. The van der Waals surface area contributed by atoms with Crippen molar-refractivity contribution in [1.29, 1.82) is 0 Å². The Morgan fingerprint density at radius 1 is 1.32 bits per heavy atom. The molecule has 0 fully saturated rings.